The first-order valence-corrected chi connectivity index (χ1v) is 5.03. The van der Waals surface area contributed by atoms with Crippen LogP contribution in [0.25, 0.3) is 0 Å². The quantitative estimate of drug-likeness (QED) is 0.740. The summed E-state index contributed by atoms with van der Waals surface area (Å²) in [7, 11) is 0. The summed E-state index contributed by atoms with van der Waals surface area (Å²) < 4.78 is 0. The molecule has 1 aromatic heterocycles. The molecule has 0 radical (unpaired) electrons. The van der Waals surface area contributed by atoms with E-state index >= 15 is 0 Å². The minimum Gasteiger partial charge on any atom is -0.365 e. The fourth-order valence-corrected chi connectivity index (χ4v) is 1.64. The lowest BCUT2D eigenvalue weighted by Crippen LogP contribution is -2.21. The maximum atomic E-state index is 8.84. The number of allylic oxidation sites excluding steroid dienone is 1. The van der Waals surface area contributed by atoms with E-state index in [4.69, 9.17) is 5.26 Å². The predicted octanol–water partition coefficient (Wildman–Crippen LogP) is 1.87. The second-order valence-corrected chi connectivity index (χ2v) is 3.49. The standard InChI is InChI=1S/C11H12N4/c12-8-10-11(14-7-6-13-10)15-9-4-2-1-3-5-9/h1-2,6-7,9H,3-5H2,(H,14,15)/t9-/m1/s1. The van der Waals surface area contributed by atoms with Gasteiger partial charge in [-0.15, -0.1) is 0 Å². The number of anilines is 1. The molecule has 0 bridgehead atoms. The summed E-state index contributed by atoms with van der Waals surface area (Å²) in [6, 6.07) is 2.40. The molecule has 15 heavy (non-hydrogen) atoms. The molecule has 0 amide bonds. The highest BCUT2D eigenvalue weighted by Gasteiger charge is 2.12. The van der Waals surface area contributed by atoms with Crippen molar-refractivity contribution in [2.45, 2.75) is 25.3 Å². The molecule has 2 rings (SSSR count). The molecule has 0 aliphatic heterocycles. The van der Waals surface area contributed by atoms with Crippen LogP contribution in [0.4, 0.5) is 5.82 Å². The Hall–Kier alpha value is -1.89. The monoisotopic (exact) mass is 200 g/mol. The van der Waals surface area contributed by atoms with Gasteiger partial charge in [-0.25, -0.2) is 9.97 Å². The van der Waals surface area contributed by atoms with Crippen LogP contribution in [0.2, 0.25) is 0 Å². The van der Waals surface area contributed by atoms with Crippen LogP contribution in [0.15, 0.2) is 24.5 Å². The zero-order valence-corrected chi connectivity index (χ0v) is 8.35. The summed E-state index contributed by atoms with van der Waals surface area (Å²) in [5.74, 6) is 0.598. The molecule has 4 heteroatoms. The minimum absolute atomic E-state index is 0.368. The van der Waals surface area contributed by atoms with E-state index < -0.39 is 0 Å². The third kappa shape index (κ3) is 2.32. The van der Waals surface area contributed by atoms with Crippen molar-refractivity contribution in [1.82, 2.24) is 9.97 Å². The van der Waals surface area contributed by atoms with Gasteiger partial charge in [0, 0.05) is 18.4 Å². The highest BCUT2D eigenvalue weighted by molar-refractivity contribution is 5.47. The van der Waals surface area contributed by atoms with Gasteiger partial charge in [-0.05, 0) is 19.3 Å². The van der Waals surface area contributed by atoms with E-state index in [1.807, 2.05) is 6.07 Å². The molecule has 1 aliphatic rings. The largest absolute Gasteiger partial charge is 0.365 e. The van der Waals surface area contributed by atoms with E-state index in [9.17, 15) is 0 Å². The van der Waals surface area contributed by atoms with Crippen LogP contribution in [0.5, 0.6) is 0 Å². The van der Waals surface area contributed by atoms with Crippen molar-refractivity contribution >= 4 is 5.82 Å². The van der Waals surface area contributed by atoms with E-state index in [2.05, 4.69) is 27.4 Å². The summed E-state index contributed by atoms with van der Waals surface area (Å²) in [5.41, 5.74) is 0.368. The Bertz CT molecular complexity index is 405. The molecule has 0 saturated carbocycles. The number of nitrogens with zero attached hydrogens (tertiary/aromatic N) is 3. The third-order valence-corrected chi connectivity index (χ3v) is 2.41. The fourth-order valence-electron chi connectivity index (χ4n) is 1.64. The Labute approximate surface area is 88.7 Å². The summed E-state index contributed by atoms with van der Waals surface area (Å²) in [6.07, 6.45) is 10.6. The average Bonchev–Trinajstić information content (AvgIpc) is 2.31. The van der Waals surface area contributed by atoms with E-state index in [-0.39, 0.29) is 0 Å². The van der Waals surface area contributed by atoms with Crippen molar-refractivity contribution in [2.75, 3.05) is 5.32 Å². The van der Waals surface area contributed by atoms with E-state index in [0.29, 0.717) is 17.6 Å². The van der Waals surface area contributed by atoms with Gasteiger partial charge in [0.1, 0.15) is 6.07 Å². The number of hydrogen-bond donors (Lipinski definition) is 1. The van der Waals surface area contributed by atoms with Gasteiger partial charge in [0.05, 0.1) is 0 Å². The molecule has 76 valence electrons. The van der Waals surface area contributed by atoms with E-state index in [1.54, 1.807) is 6.20 Å². The van der Waals surface area contributed by atoms with Crippen LogP contribution in [0.1, 0.15) is 25.0 Å². The van der Waals surface area contributed by atoms with Gasteiger partial charge >= 0.3 is 0 Å². The summed E-state index contributed by atoms with van der Waals surface area (Å²) in [6.45, 7) is 0. The maximum absolute atomic E-state index is 8.84. The smallest absolute Gasteiger partial charge is 0.182 e. The molecule has 1 aromatic rings. The third-order valence-electron chi connectivity index (χ3n) is 2.41. The molecule has 0 unspecified atom stereocenters. The van der Waals surface area contributed by atoms with Gasteiger partial charge in [0.15, 0.2) is 11.5 Å². The van der Waals surface area contributed by atoms with Gasteiger partial charge in [-0.2, -0.15) is 5.26 Å². The first-order valence-electron chi connectivity index (χ1n) is 5.03. The number of rotatable bonds is 2. The van der Waals surface area contributed by atoms with Gasteiger partial charge in [0.2, 0.25) is 0 Å². The maximum Gasteiger partial charge on any atom is 0.182 e. The SMILES string of the molecule is N#Cc1nccnc1N[C@@H]1CC=CCC1. The van der Waals surface area contributed by atoms with Gasteiger partial charge in [-0.1, -0.05) is 12.2 Å². The average molecular weight is 200 g/mol. The van der Waals surface area contributed by atoms with Crippen molar-refractivity contribution in [3.63, 3.8) is 0 Å². The second-order valence-electron chi connectivity index (χ2n) is 3.49. The summed E-state index contributed by atoms with van der Waals surface area (Å²) in [4.78, 5) is 8.08. The summed E-state index contributed by atoms with van der Waals surface area (Å²) in [5, 5.41) is 12.1. The Balaban J connectivity index is 2.10. The van der Waals surface area contributed by atoms with Crippen molar-refractivity contribution in [2.24, 2.45) is 0 Å². The van der Waals surface area contributed by atoms with E-state index in [0.717, 1.165) is 19.3 Å². The van der Waals surface area contributed by atoms with Crippen molar-refractivity contribution < 1.29 is 0 Å². The van der Waals surface area contributed by atoms with Crippen LogP contribution >= 0.6 is 0 Å². The van der Waals surface area contributed by atoms with Crippen molar-refractivity contribution in [3.05, 3.63) is 30.2 Å². The Morgan fingerprint density at radius 3 is 2.93 bits per heavy atom. The number of aromatic nitrogens is 2. The zero-order valence-electron chi connectivity index (χ0n) is 8.35. The van der Waals surface area contributed by atoms with Gasteiger partial charge in [0.25, 0.3) is 0 Å². The molecule has 0 aromatic carbocycles. The number of nitriles is 1. The molecule has 1 aliphatic carbocycles. The Morgan fingerprint density at radius 2 is 2.20 bits per heavy atom. The number of nitrogens with one attached hydrogen (secondary N) is 1. The molecule has 0 saturated heterocycles. The minimum atomic E-state index is 0.368. The van der Waals surface area contributed by atoms with Crippen LogP contribution in [-0.4, -0.2) is 16.0 Å². The topological polar surface area (TPSA) is 61.6 Å². The Kier molecular flexibility index (Phi) is 2.93. The normalized spacial score (nSPS) is 19.5. The highest BCUT2D eigenvalue weighted by atomic mass is 15.0. The van der Waals surface area contributed by atoms with E-state index in [1.165, 1.54) is 6.20 Å². The lowest BCUT2D eigenvalue weighted by Gasteiger charge is -2.19. The van der Waals surface area contributed by atoms with Crippen LogP contribution < -0.4 is 5.32 Å². The molecule has 1 heterocycles. The van der Waals surface area contributed by atoms with Crippen LogP contribution in [0, 0.1) is 11.3 Å². The van der Waals surface area contributed by atoms with Crippen LogP contribution in [0.3, 0.4) is 0 Å². The number of hydrogen-bond acceptors (Lipinski definition) is 4. The lowest BCUT2D eigenvalue weighted by atomic mass is 10.0. The molecule has 0 fully saturated rings. The first kappa shape index (κ1) is 9.66. The second kappa shape index (κ2) is 4.56. The molecule has 1 atom stereocenters. The zero-order chi connectivity index (χ0) is 10.5. The summed E-state index contributed by atoms with van der Waals surface area (Å²) >= 11 is 0. The molecular formula is C11H12N4. The molecule has 4 nitrogen and oxygen atoms in total. The predicted molar refractivity (Wildman–Crippen MR) is 57.1 cm³/mol. The van der Waals surface area contributed by atoms with Crippen LogP contribution in [-0.2, 0) is 0 Å². The lowest BCUT2D eigenvalue weighted by molar-refractivity contribution is 0.641. The highest BCUT2D eigenvalue weighted by Crippen LogP contribution is 2.16. The van der Waals surface area contributed by atoms with Gasteiger partial charge < -0.3 is 5.32 Å². The van der Waals surface area contributed by atoms with Gasteiger partial charge in [-0.3, -0.25) is 0 Å². The molecule has 1 N–H and O–H groups in total. The first-order chi connectivity index (χ1) is 7.40. The van der Waals surface area contributed by atoms with Crippen molar-refractivity contribution in [1.29, 1.82) is 5.26 Å². The molecule has 0 spiro atoms. The molecular weight excluding hydrogens is 188 g/mol. The Morgan fingerprint density at radius 1 is 1.33 bits per heavy atom. The van der Waals surface area contributed by atoms with Crippen molar-refractivity contribution in [3.8, 4) is 6.07 Å². The fraction of sp³-hybridized carbons (Fsp3) is 0.364.